The fraction of sp³-hybridized carbons (Fsp3) is 0.889. The van der Waals surface area contributed by atoms with Crippen molar-refractivity contribution in [3.05, 3.63) is 11.6 Å². The predicted molar refractivity (Wildman–Crippen MR) is 122 cm³/mol. The lowest BCUT2D eigenvalue weighted by atomic mass is 9.46. The molecule has 0 bridgehead atoms. The highest BCUT2D eigenvalue weighted by Crippen LogP contribution is 2.67. The average Bonchev–Trinajstić information content (AvgIpc) is 3.05. The van der Waals surface area contributed by atoms with Gasteiger partial charge in [0.05, 0.1) is 0 Å². The van der Waals surface area contributed by atoms with E-state index in [2.05, 4.69) is 13.8 Å². The van der Waals surface area contributed by atoms with E-state index in [1.807, 2.05) is 19.9 Å². The van der Waals surface area contributed by atoms with Crippen molar-refractivity contribution in [3.8, 4) is 0 Å². The summed E-state index contributed by atoms with van der Waals surface area (Å²) in [4.78, 5) is 12.0. The molecule has 4 aliphatic rings. The van der Waals surface area contributed by atoms with Gasteiger partial charge in [-0.2, -0.15) is 0 Å². The summed E-state index contributed by atoms with van der Waals surface area (Å²) in [6, 6.07) is 0. The summed E-state index contributed by atoms with van der Waals surface area (Å²) in [5, 5.41) is 10.2. The van der Waals surface area contributed by atoms with E-state index in [9.17, 15) is 9.90 Å². The number of hydrogen-bond donors (Lipinski definition) is 1. The standard InChI is InChI=1S/C27H44O4/c1-5-30-18(2)31-25(29)8-6-7-19-10-12-23-22-11-9-20-17-21(28)13-15-27(20,4)24(22)14-16-26(19,23)3/h17-19,22-25,29H,5-16H2,1-4H3/t18?,19?,22-,23-,24+,25?,26+,27-/m0/s1. The molecule has 3 unspecified atom stereocenters. The number of carbonyl (C=O) groups is 1. The molecule has 4 aliphatic carbocycles. The van der Waals surface area contributed by atoms with Crippen molar-refractivity contribution in [3.63, 3.8) is 0 Å². The molecule has 4 rings (SSSR count). The van der Waals surface area contributed by atoms with Gasteiger partial charge in [0.1, 0.15) is 0 Å². The maximum atomic E-state index is 12.0. The largest absolute Gasteiger partial charge is 0.368 e. The van der Waals surface area contributed by atoms with E-state index in [0.717, 1.165) is 49.4 Å². The normalized spacial score (nSPS) is 41.7. The number of hydrogen-bond acceptors (Lipinski definition) is 4. The van der Waals surface area contributed by atoms with Crippen molar-refractivity contribution < 1.29 is 19.4 Å². The third kappa shape index (κ3) is 4.42. The Morgan fingerprint density at radius 1 is 1.13 bits per heavy atom. The molecule has 0 aliphatic heterocycles. The van der Waals surface area contributed by atoms with Crippen molar-refractivity contribution in [1.82, 2.24) is 0 Å². The SMILES string of the molecule is CCOC(C)OC(O)CCCC1CC[C@H]2[C@@H]3CCC4=CC(=O)CC[C@]4(C)[C@@H]3CC[C@]12C. The van der Waals surface area contributed by atoms with Crippen LogP contribution < -0.4 is 0 Å². The van der Waals surface area contributed by atoms with Gasteiger partial charge in [0.25, 0.3) is 0 Å². The Hall–Kier alpha value is -0.710. The first-order chi connectivity index (χ1) is 14.8. The van der Waals surface area contributed by atoms with Crippen molar-refractivity contribution in [2.24, 2.45) is 34.5 Å². The fourth-order valence-corrected chi connectivity index (χ4v) is 8.24. The van der Waals surface area contributed by atoms with Crippen LogP contribution in [0.4, 0.5) is 0 Å². The topological polar surface area (TPSA) is 55.8 Å². The van der Waals surface area contributed by atoms with Gasteiger partial charge in [-0.15, -0.1) is 0 Å². The van der Waals surface area contributed by atoms with E-state index in [1.165, 1.54) is 44.1 Å². The lowest BCUT2D eigenvalue weighted by Crippen LogP contribution is -2.50. The van der Waals surface area contributed by atoms with Crippen LogP contribution in [-0.2, 0) is 14.3 Å². The van der Waals surface area contributed by atoms with Crippen LogP contribution in [0.5, 0.6) is 0 Å². The molecule has 0 heterocycles. The molecule has 4 nitrogen and oxygen atoms in total. The molecule has 0 saturated heterocycles. The molecule has 0 radical (unpaired) electrons. The highest BCUT2D eigenvalue weighted by Gasteiger charge is 2.58. The van der Waals surface area contributed by atoms with Gasteiger partial charge in [0.15, 0.2) is 18.4 Å². The molecule has 8 atom stereocenters. The molecule has 0 spiro atoms. The van der Waals surface area contributed by atoms with Gasteiger partial charge in [-0.3, -0.25) is 4.79 Å². The van der Waals surface area contributed by atoms with Gasteiger partial charge in [-0.25, -0.2) is 0 Å². The van der Waals surface area contributed by atoms with Gasteiger partial charge in [0.2, 0.25) is 0 Å². The first-order valence-corrected chi connectivity index (χ1v) is 13.0. The molecule has 0 amide bonds. The smallest absolute Gasteiger partial charge is 0.157 e. The molecule has 3 fully saturated rings. The molecule has 3 saturated carbocycles. The number of aliphatic hydroxyl groups excluding tert-OH is 1. The molecule has 0 aromatic rings. The highest BCUT2D eigenvalue weighted by atomic mass is 16.7. The first-order valence-electron chi connectivity index (χ1n) is 13.0. The second-order valence-corrected chi connectivity index (χ2v) is 11.3. The van der Waals surface area contributed by atoms with E-state index in [1.54, 1.807) is 0 Å². The van der Waals surface area contributed by atoms with Crippen LogP contribution in [0, 0.1) is 34.5 Å². The van der Waals surface area contributed by atoms with Gasteiger partial charge < -0.3 is 14.6 Å². The van der Waals surface area contributed by atoms with Gasteiger partial charge in [0, 0.05) is 13.0 Å². The van der Waals surface area contributed by atoms with Crippen LogP contribution in [0.2, 0.25) is 0 Å². The first kappa shape index (κ1) is 23.4. The molecule has 0 aromatic heterocycles. The summed E-state index contributed by atoms with van der Waals surface area (Å²) < 4.78 is 10.9. The van der Waals surface area contributed by atoms with Crippen LogP contribution >= 0.6 is 0 Å². The van der Waals surface area contributed by atoms with Crippen molar-refractivity contribution in [2.75, 3.05) is 6.61 Å². The van der Waals surface area contributed by atoms with Crippen LogP contribution in [0.15, 0.2) is 11.6 Å². The number of rotatable bonds is 8. The molecule has 1 N–H and O–H groups in total. The summed E-state index contributed by atoms with van der Waals surface area (Å²) in [5.74, 6) is 3.57. The summed E-state index contributed by atoms with van der Waals surface area (Å²) >= 11 is 0. The lowest BCUT2D eigenvalue weighted by molar-refractivity contribution is -0.221. The van der Waals surface area contributed by atoms with Crippen molar-refractivity contribution in [2.45, 2.75) is 111 Å². The number of carbonyl (C=O) groups excluding carboxylic acids is 1. The summed E-state index contributed by atoms with van der Waals surface area (Å²) in [5.41, 5.74) is 2.20. The van der Waals surface area contributed by atoms with Crippen LogP contribution in [0.3, 0.4) is 0 Å². The molecule has 4 heteroatoms. The van der Waals surface area contributed by atoms with Crippen molar-refractivity contribution in [1.29, 1.82) is 0 Å². The highest BCUT2D eigenvalue weighted by molar-refractivity contribution is 5.91. The summed E-state index contributed by atoms with van der Waals surface area (Å²) in [6.45, 7) is 9.44. The van der Waals surface area contributed by atoms with Gasteiger partial charge in [-0.1, -0.05) is 19.4 Å². The fourth-order valence-electron chi connectivity index (χ4n) is 8.24. The van der Waals surface area contributed by atoms with Crippen LogP contribution in [-0.4, -0.2) is 30.1 Å². The van der Waals surface area contributed by atoms with E-state index in [4.69, 9.17) is 9.47 Å². The number of fused-ring (bicyclic) bond motifs is 5. The second-order valence-electron chi connectivity index (χ2n) is 11.3. The maximum absolute atomic E-state index is 12.0. The quantitative estimate of drug-likeness (QED) is 0.476. The minimum absolute atomic E-state index is 0.273. The molecule has 176 valence electrons. The van der Waals surface area contributed by atoms with E-state index in [0.29, 0.717) is 24.2 Å². The Bertz CT molecular complexity index is 687. The van der Waals surface area contributed by atoms with E-state index in [-0.39, 0.29) is 11.7 Å². The molecular weight excluding hydrogens is 388 g/mol. The Kier molecular flexibility index (Phi) is 7.01. The van der Waals surface area contributed by atoms with Gasteiger partial charge >= 0.3 is 0 Å². The Morgan fingerprint density at radius 2 is 1.94 bits per heavy atom. The van der Waals surface area contributed by atoms with Gasteiger partial charge in [-0.05, 0) is 119 Å². The zero-order valence-electron chi connectivity index (χ0n) is 20.2. The Morgan fingerprint density at radius 3 is 2.71 bits per heavy atom. The molecule has 0 aromatic carbocycles. The number of aliphatic hydroxyl groups is 1. The summed E-state index contributed by atoms with van der Waals surface area (Å²) in [7, 11) is 0. The van der Waals surface area contributed by atoms with E-state index >= 15 is 0 Å². The van der Waals surface area contributed by atoms with Crippen LogP contribution in [0.1, 0.15) is 98.3 Å². The Labute approximate surface area is 189 Å². The number of allylic oxidation sites excluding steroid dienone is 1. The molecule has 31 heavy (non-hydrogen) atoms. The van der Waals surface area contributed by atoms with Crippen molar-refractivity contribution >= 4 is 5.78 Å². The number of ketones is 1. The monoisotopic (exact) mass is 432 g/mol. The minimum atomic E-state index is -0.722. The third-order valence-electron chi connectivity index (χ3n) is 9.91. The summed E-state index contributed by atoms with van der Waals surface area (Å²) in [6.07, 6.45) is 13.5. The second kappa shape index (κ2) is 9.27. The molecular formula is C27H44O4. The van der Waals surface area contributed by atoms with E-state index < -0.39 is 6.29 Å². The maximum Gasteiger partial charge on any atom is 0.157 e. The predicted octanol–water partition coefficient (Wildman–Crippen LogP) is 6.02. The minimum Gasteiger partial charge on any atom is -0.368 e. The number of ether oxygens (including phenoxy) is 2. The lowest BCUT2D eigenvalue weighted by Gasteiger charge is -2.58. The third-order valence-corrected chi connectivity index (χ3v) is 9.91. The average molecular weight is 433 g/mol. The zero-order valence-corrected chi connectivity index (χ0v) is 20.2. The Balaban J connectivity index is 1.35. The zero-order chi connectivity index (χ0) is 22.2. The van der Waals surface area contributed by atoms with Crippen LogP contribution in [0.25, 0.3) is 0 Å².